The van der Waals surface area contributed by atoms with E-state index >= 15 is 0 Å². The molecule has 1 atom stereocenters. The molecule has 2 aromatic rings. The average molecular weight is 319 g/mol. The normalized spacial score (nSPS) is 11.7. The number of hydrogen-bond donors (Lipinski definition) is 1. The minimum absolute atomic E-state index is 0.0475. The molecule has 1 aromatic heterocycles. The summed E-state index contributed by atoms with van der Waals surface area (Å²) in [4.78, 5) is 26.9. The van der Waals surface area contributed by atoms with Crippen LogP contribution in [-0.2, 0) is 20.7 Å². The number of hydrogen-bond acceptors (Lipinski definition) is 7. The van der Waals surface area contributed by atoms with Gasteiger partial charge in [0.2, 0.25) is 0 Å². The van der Waals surface area contributed by atoms with Crippen LogP contribution in [0, 0.1) is 5.92 Å². The van der Waals surface area contributed by atoms with Gasteiger partial charge in [0, 0.05) is 17.5 Å². The van der Waals surface area contributed by atoms with Crippen LogP contribution in [0.5, 0.6) is 0 Å². The second-order valence-electron chi connectivity index (χ2n) is 4.46. The number of carboxylic acids is 1. The number of esters is 1. The second-order valence-corrected chi connectivity index (χ2v) is 5.32. The van der Waals surface area contributed by atoms with Gasteiger partial charge in [0.1, 0.15) is 5.92 Å². The van der Waals surface area contributed by atoms with Crippen LogP contribution in [0.4, 0.5) is 10.8 Å². The lowest BCUT2D eigenvalue weighted by Crippen LogP contribution is -2.38. The van der Waals surface area contributed by atoms with E-state index in [-0.39, 0.29) is 13.0 Å². The zero-order chi connectivity index (χ0) is 15.9. The van der Waals surface area contributed by atoms with Crippen LogP contribution in [-0.4, -0.2) is 23.5 Å². The van der Waals surface area contributed by atoms with Crippen molar-refractivity contribution in [3.8, 4) is 0 Å². The summed E-state index contributed by atoms with van der Waals surface area (Å²) < 4.78 is 4.74. The molecule has 0 saturated carbocycles. The summed E-state index contributed by atoms with van der Waals surface area (Å²) in [6, 6.07) is 9.48. The quantitative estimate of drug-likeness (QED) is 0.612. The van der Waals surface area contributed by atoms with Gasteiger partial charge in [-0.1, -0.05) is 18.2 Å². The lowest BCUT2D eigenvalue weighted by atomic mass is 10.0. The third kappa shape index (κ3) is 4.29. The molecule has 0 bridgehead atoms. The highest BCUT2D eigenvalue weighted by Crippen LogP contribution is 2.22. The van der Waals surface area contributed by atoms with Crippen molar-refractivity contribution >= 4 is 34.1 Å². The maximum Gasteiger partial charge on any atom is 0.315 e. The highest BCUT2D eigenvalue weighted by Gasteiger charge is 2.23. The molecule has 0 spiro atoms. The van der Waals surface area contributed by atoms with E-state index in [1.54, 1.807) is 12.3 Å². The van der Waals surface area contributed by atoms with E-state index in [4.69, 9.17) is 4.74 Å². The smallest absolute Gasteiger partial charge is 0.315 e. The molecule has 1 N–H and O–H groups in total. The van der Waals surface area contributed by atoms with Crippen molar-refractivity contribution in [2.24, 2.45) is 5.92 Å². The van der Waals surface area contributed by atoms with E-state index in [0.717, 1.165) is 5.69 Å². The first kappa shape index (κ1) is 16.0. The van der Waals surface area contributed by atoms with Gasteiger partial charge in [0.15, 0.2) is 5.13 Å². The lowest BCUT2D eigenvalue weighted by molar-refractivity contribution is -0.310. The Bertz CT molecular complexity index is 642. The molecule has 6 nitrogen and oxygen atoms in total. The Morgan fingerprint density at radius 3 is 2.73 bits per heavy atom. The molecule has 0 aliphatic carbocycles. The average Bonchev–Trinajstić information content (AvgIpc) is 2.93. The molecular formula is C15H15N2O4S-. The SMILES string of the molecule is CCOC(=O)C(Cc1csc(Nc2ccccc2)n1)C(=O)[O-]. The fourth-order valence-corrected chi connectivity index (χ4v) is 2.56. The Morgan fingerprint density at radius 2 is 2.09 bits per heavy atom. The number of ether oxygens (including phenoxy) is 1. The van der Waals surface area contributed by atoms with Gasteiger partial charge in [-0.25, -0.2) is 4.98 Å². The van der Waals surface area contributed by atoms with Crippen LogP contribution in [0.2, 0.25) is 0 Å². The van der Waals surface area contributed by atoms with Gasteiger partial charge in [-0.2, -0.15) is 0 Å². The second kappa shape index (κ2) is 7.56. The van der Waals surface area contributed by atoms with Gasteiger partial charge in [-0.3, -0.25) is 4.79 Å². The van der Waals surface area contributed by atoms with Crippen LogP contribution in [0.1, 0.15) is 12.6 Å². The van der Waals surface area contributed by atoms with Crippen molar-refractivity contribution in [3.63, 3.8) is 0 Å². The molecule has 1 unspecified atom stereocenters. The summed E-state index contributed by atoms with van der Waals surface area (Å²) in [5.41, 5.74) is 1.39. The van der Waals surface area contributed by atoms with Gasteiger partial charge in [0.05, 0.1) is 18.3 Å². The first-order valence-corrected chi connectivity index (χ1v) is 7.62. The number of aliphatic carboxylic acids is 1. The molecule has 116 valence electrons. The molecule has 0 radical (unpaired) electrons. The third-order valence-electron chi connectivity index (χ3n) is 2.85. The Labute approximate surface area is 131 Å². The lowest BCUT2D eigenvalue weighted by Gasteiger charge is -2.14. The number of carbonyl (C=O) groups excluding carboxylic acids is 2. The maximum atomic E-state index is 11.6. The molecular weight excluding hydrogens is 304 g/mol. The van der Waals surface area contributed by atoms with Crippen molar-refractivity contribution in [2.75, 3.05) is 11.9 Å². The molecule has 1 heterocycles. The minimum Gasteiger partial charge on any atom is -0.549 e. The fourth-order valence-electron chi connectivity index (χ4n) is 1.82. The van der Waals surface area contributed by atoms with Gasteiger partial charge in [0.25, 0.3) is 0 Å². The van der Waals surface area contributed by atoms with E-state index in [1.807, 2.05) is 30.3 Å². The molecule has 0 aliphatic rings. The molecule has 0 saturated heterocycles. The number of carbonyl (C=O) groups is 2. The van der Waals surface area contributed by atoms with E-state index in [0.29, 0.717) is 10.8 Å². The van der Waals surface area contributed by atoms with Crippen LogP contribution in [0.15, 0.2) is 35.7 Å². The summed E-state index contributed by atoms with van der Waals surface area (Å²) in [5, 5.41) is 16.5. The largest absolute Gasteiger partial charge is 0.549 e. The highest BCUT2D eigenvalue weighted by atomic mass is 32.1. The van der Waals surface area contributed by atoms with Crippen molar-refractivity contribution in [1.82, 2.24) is 4.98 Å². The number of nitrogens with zero attached hydrogens (tertiary/aromatic N) is 1. The number of anilines is 2. The van der Waals surface area contributed by atoms with Gasteiger partial charge in [-0.15, -0.1) is 11.3 Å². The first-order valence-electron chi connectivity index (χ1n) is 6.74. The predicted octanol–water partition coefficient (Wildman–Crippen LogP) is 1.36. The minimum atomic E-state index is -1.45. The Balaban J connectivity index is 2.04. The summed E-state index contributed by atoms with van der Waals surface area (Å²) in [6.07, 6.45) is -0.0475. The van der Waals surface area contributed by atoms with E-state index in [9.17, 15) is 14.7 Å². The summed E-state index contributed by atoms with van der Waals surface area (Å²) in [6.45, 7) is 1.75. The van der Waals surface area contributed by atoms with Crippen molar-refractivity contribution < 1.29 is 19.4 Å². The molecule has 1 aromatic carbocycles. The van der Waals surface area contributed by atoms with Crippen LogP contribution in [0.3, 0.4) is 0 Å². The molecule has 0 fully saturated rings. The third-order valence-corrected chi connectivity index (χ3v) is 3.65. The zero-order valence-corrected chi connectivity index (χ0v) is 12.8. The molecule has 0 aliphatic heterocycles. The van der Waals surface area contributed by atoms with Gasteiger partial charge in [-0.05, 0) is 19.1 Å². The van der Waals surface area contributed by atoms with E-state index in [1.165, 1.54) is 11.3 Å². The number of benzene rings is 1. The van der Waals surface area contributed by atoms with Crippen molar-refractivity contribution in [1.29, 1.82) is 0 Å². The number of aromatic nitrogens is 1. The standard InChI is InChI=1S/C15H16N2O4S/c1-2-21-14(20)12(13(18)19)8-11-9-22-15(17-11)16-10-6-4-3-5-7-10/h3-7,9,12H,2,8H2,1H3,(H,16,17)(H,18,19)/p-1. The number of nitrogens with one attached hydrogen (secondary N) is 1. The monoisotopic (exact) mass is 319 g/mol. The van der Waals surface area contributed by atoms with Crippen LogP contribution >= 0.6 is 11.3 Å². The van der Waals surface area contributed by atoms with Crippen LogP contribution < -0.4 is 10.4 Å². The van der Waals surface area contributed by atoms with Gasteiger partial charge < -0.3 is 20.0 Å². The topological polar surface area (TPSA) is 91.3 Å². The Kier molecular flexibility index (Phi) is 5.48. The van der Waals surface area contributed by atoms with Crippen LogP contribution in [0.25, 0.3) is 0 Å². The van der Waals surface area contributed by atoms with Crippen molar-refractivity contribution in [3.05, 3.63) is 41.4 Å². The van der Waals surface area contributed by atoms with E-state index in [2.05, 4.69) is 10.3 Å². The number of carboxylic acid groups (broad SMARTS) is 1. The molecule has 7 heteroatoms. The van der Waals surface area contributed by atoms with Gasteiger partial charge >= 0.3 is 5.97 Å². The fraction of sp³-hybridized carbons (Fsp3) is 0.267. The Hall–Kier alpha value is -2.41. The highest BCUT2D eigenvalue weighted by molar-refractivity contribution is 7.13. The van der Waals surface area contributed by atoms with Crippen molar-refractivity contribution in [2.45, 2.75) is 13.3 Å². The first-order chi connectivity index (χ1) is 10.6. The summed E-state index contributed by atoms with van der Waals surface area (Å²) in [7, 11) is 0. The zero-order valence-electron chi connectivity index (χ0n) is 11.9. The maximum absolute atomic E-state index is 11.6. The number of para-hydroxylation sites is 1. The van der Waals surface area contributed by atoms with E-state index < -0.39 is 17.9 Å². The number of thiazole rings is 1. The molecule has 0 amide bonds. The molecule has 2 rings (SSSR count). The summed E-state index contributed by atoms with van der Waals surface area (Å²) >= 11 is 1.34. The number of rotatable bonds is 7. The Morgan fingerprint density at radius 1 is 1.36 bits per heavy atom. The molecule has 22 heavy (non-hydrogen) atoms. The summed E-state index contributed by atoms with van der Waals surface area (Å²) in [5.74, 6) is -3.59. The predicted molar refractivity (Wildman–Crippen MR) is 80.7 cm³/mol.